The molecule has 0 unspecified atom stereocenters. The molecule has 0 aliphatic heterocycles. The fourth-order valence-electron chi connectivity index (χ4n) is 1.26. The van der Waals surface area contributed by atoms with Gasteiger partial charge in [-0.05, 0) is 12.1 Å². The molecule has 0 bridgehead atoms. The van der Waals surface area contributed by atoms with Crippen LogP contribution >= 0.6 is 11.6 Å². The molecule has 0 saturated heterocycles. The molecule has 13 heavy (non-hydrogen) atoms. The van der Waals surface area contributed by atoms with Gasteiger partial charge < -0.3 is 10.7 Å². The van der Waals surface area contributed by atoms with Crippen molar-refractivity contribution in [2.24, 2.45) is 0 Å². The zero-order chi connectivity index (χ0) is 9.26. The van der Waals surface area contributed by atoms with Crippen LogP contribution in [0.3, 0.4) is 0 Å². The number of benzene rings is 1. The van der Waals surface area contributed by atoms with E-state index in [0.717, 1.165) is 16.1 Å². The van der Waals surface area contributed by atoms with Gasteiger partial charge in [-0.1, -0.05) is 29.8 Å². The third-order valence-electron chi connectivity index (χ3n) is 1.89. The van der Waals surface area contributed by atoms with E-state index in [0.29, 0.717) is 5.82 Å². The summed E-state index contributed by atoms with van der Waals surface area (Å²) in [4.78, 5) is 2.91. The lowest BCUT2D eigenvalue weighted by Crippen LogP contribution is -1.80. The second-order valence-electron chi connectivity index (χ2n) is 2.82. The van der Waals surface area contributed by atoms with E-state index in [4.69, 9.17) is 17.3 Å². The lowest BCUT2D eigenvalue weighted by molar-refractivity contribution is 1.42. The van der Waals surface area contributed by atoms with Crippen molar-refractivity contribution in [1.29, 1.82) is 0 Å². The summed E-state index contributed by atoms with van der Waals surface area (Å²) in [6.07, 6.45) is 1.84. The Bertz CT molecular complexity index is 420. The summed E-state index contributed by atoms with van der Waals surface area (Å²) in [6, 6.07) is 9.54. The topological polar surface area (TPSA) is 41.8 Å². The van der Waals surface area contributed by atoms with Crippen LogP contribution in [0, 0.1) is 0 Å². The van der Waals surface area contributed by atoms with E-state index >= 15 is 0 Å². The summed E-state index contributed by atoms with van der Waals surface area (Å²) in [5, 5.41) is 0.738. The number of halogens is 1. The van der Waals surface area contributed by atoms with Gasteiger partial charge in [0.2, 0.25) is 0 Å². The molecule has 0 radical (unpaired) electrons. The van der Waals surface area contributed by atoms with Crippen LogP contribution in [0.5, 0.6) is 0 Å². The highest BCUT2D eigenvalue weighted by atomic mass is 35.5. The fourth-order valence-corrected chi connectivity index (χ4v) is 1.51. The highest BCUT2D eigenvalue weighted by molar-refractivity contribution is 6.33. The highest BCUT2D eigenvalue weighted by Crippen LogP contribution is 2.28. The number of nitrogens with two attached hydrogens (primary N) is 1. The number of aromatic amines is 1. The number of H-pyrrole nitrogens is 1. The third-order valence-corrected chi connectivity index (χ3v) is 2.22. The molecule has 0 spiro atoms. The van der Waals surface area contributed by atoms with E-state index in [1.807, 2.05) is 36.5 Å². The first-order valence-corrected chi connectivity index (χ1v) is 4.34. The molecule has 1 heterocycles. The van der Waals surface area contributed by atoms with Crippen molar-refractivity contribution in [3.63, 3.8) is 0 Å². The minimum Gasteiger partial charge on any atom is -0.385 e. The second kappa shape index (κ2) is 3.15. The van der Waals surface area contributed by atoms with Gasteiger partial charge in [-0.25, -0.2) is 0 Å². The van der Waals surface area contributed by atoms with Crippen LogP contribution in [-0.2, 0) is 0 Å². The molecule has 1 aromatic heterocycles. The molecule has 2 nitrogen and oxygen atoms in total. The lowest BCUT2D eigenvalue weighted by Gasteiger charge is -1.98. The first kappa shape index (κ1) is 8.20. The number of anilines is 1. The standard InChI is InChI=1S/C10H9ClN2/c11-9-4-2-1-3-8(9)7-5-10(12)13-6-7/h1-6,13H,12H2. The number of aromatic nitrogens is 1. The summed E-state index contributed by atoms with van der Waals surface area (Å²) in [7, 11) is 0. The van der Waals surface area contributed by atoms with Gasteiger partial charge in [0.05, 0.1) is 0 Å². The van der Waals surface area contributed by atoms with E-state index in [-0.39, 0.29) is 0 Å². The van der Waals surface area contributed by atoms with Crippen molar-refractivity contribution in [2.45, 2.75) is 0 Å². The Morgan fingerprint density at radius 1 is 1.23 bits per heavy atom. The summed E-state index contributed by atoms with van der Waals surface area (Å²) in [6.45, 7) is 0. The molecule has 3 N–H and O–H groups in total. The van der Waals surface area contributed by atoms with Crippen LogP contribution in [0.25, 0.3) is 11.1 Å². The summed E-state index contributed by atoms with van der Waals surface area (Å²) >= 11 is 6.01. The average Bonchev–Trinajstić information content (AvgIpc) is 2.53. The second-order valence-corrected chi connectivity index (χ2v) is 3.23. The van der Waals surface area contributed by atoms with Gasteiger partial charge in [-0.2, -0.15) is 0 Å². The van der Waals surface area contributed by atoms with Crippen LogP contribution in [0.15, 0.2) is 36.5 Å². The maximum absolute atomic E-state index is 6.01. The molecule has 1 aromatic carbocycles. The number of nitrogens with one attached hydrogen (secondary N) is 1. The van der Waals surface area contributed by atoms with Gasteiger partial charge in [-0.15, -0.1) is 0 Å². The molecule has 66 valence electrons. The van der Waals surface area contributed by atoms with Crippen molar-refractivity contribution < 1.29 is 0 Å². The molecule has 0 amide bonds. The zero-order valence-corrected chi connectivity index (χ0v) is 7.68. The Labute approximate surface area is 81.3 Å². The fraction of sp³-hybridized carbons (Fsp3) is 0. The molecular formula is C10H9ClN2. The van der Waals surface area contributed by atoms with E-state index in [9.17, 15) is 0 Å². The number of rotatable bonds is 1. The molecule has 0 fully saturated rings. The number of hydrogen-bond donors (Lipinski definition) is 2. The van der Waals surface area contributed by atoms with Crippen molar-refractivity contribution in [3.05, 3.63) is 41.6 Å². The summed E-state index contributed by atoms with van der Waals surface area (Å²) < 4.78 is 0. The molecule has 0 atom stereocenters. The zero-order valence-electron chi connectivity index (χ0n) is 6.92. The van der Waals surface area contributed by atoms with E-state index in [2.05, 4.69) is 4.98 Å². The van der Waals surface area contributed by atoms with E-state index in [1.165, 1.54) is 0 Å². The quantitative estimate of drug-likeness (QED) is 0.717. The summed E-state index contributed by atoms with van der Waals surface area (Å²) in [5.41, 5.74) is 7.58. The van der Waals surface area contributed by atoms with Crippen molar-refractivity contribution in [1.82, 2.24) is 4.98 Å². The number of hydrogen-bond acceptors (Lipinski definition) is 1. The van der Waals surface area contributed by atoms with Gasteiger partial charge >= 0.3 is 0 Å². The first-order valence-electron chi connectivity index (χ1n) is 3.96. The predicted octanol–water partition coefficient (Wildman–Crippen LogP) is 2.92. The molecule has 2 rings (SSSR count). The Morgan fingerprint density at radius 2 is 2.00 bits per heavy atom. The van der Waals surface area contributed by atoms with Crippen molar-refractivity contribution in [2.75, 3.05) is 5.73 Å². The van der Waals surface area contributed by atoms with E-state index < -0.39 is 0 Å². The molecule has 2 aromatic rings. The molecule has 0 saturated carbocycles. The van der Waals surface area contributed by atoms with E-state index in [1.54, 1.807) is 0 Å². The lowest BCUT2D eigenvalue weighted by atomic mass is 10.1. The Kier molecular flexibility index (Phi) is 1.99. The normalized spacial score (nSPS) is 10.2. The van der Waals surface area contributed by atoms with Crippen LogP contribution in [0.2, 0.25) is 5.02 Å². The third kappa shape index (κ3) is 1.53. The average molecular weight is 193 g/mol. The minimum absolute atomic E-state index is 0.648. The molecule has 3 heteroatoms. The Hall–Kier alpha value is -1.41. The van der Waals surface area contributed by atoms with Gasteiger partial charge in [0.1, 0.15) is 5.82 Å². The van der Waals surface area contributed by atoms with Crippen molar-refractivity contribution >= 4 is 17.4 Å². The number of nitrogen functional groups attached to an aromatic ring is 1. The van der Waals surface area contributed by atoms with Gasteiger partial charge in [0.25, 0.3) is 0 Å². The van der Waals surface area contributed by atoms with Crippen LogP contribution in [0.1, 0.15) is 0 Å². The Balaban J connectivity index is 2.52. The smallest absolute Gasteiger partial charge is 0.101 e. The maximum Gasteiger partial charge on any atom is 0.101 e. The largest absolute Gasteiger partial charge is 0.385 e. The molecule has 0 aliphatic carbocycles. The van der Waals surface area contributed by atoms with Crippen LogP contribution < -0.4 is 5.73 Å². The highest BCUT2D eigenvalue weighted by Gasteiger charge is 2.02. The molecule has 0 aliphatic rings. The molecular weight excluding hydrogens is 184 g/mol. The van der Waals surface area contributed by atoms with Gasteiger partial charge in [0.15, 0.2) is 0 Å². The van der Waals surface area contributed by atoms with Gasteiger partial charge in [0, 0.05) is 22.3 Å². The Morgan fingerprint density at radius 3 is 2.62 bits per heavy atom. The van der Waals surface area contributed by atoms with Crippen LogP contribution in [-0.4, -0.2) is 4.98 Å². The minimum atomic E-state index is 0.648. The summed E-state index contributed by atoms with van der Waals surface area (Å²) in [5.74, 6) is 0.648. The van der Waals surface area contributed by atoms with Crippen LogP contribution in [0.4, 0.5) is 5.82 Å². The monoisotopic (exact) mass is 192 g/mol. The van der Waals surface area contributed by atoms with Crippen molar-refractivity contribution in [3.8, 4) is 11.1 Å². The maximum atomic E-state index is 6.01. The SMILES string of the molecule is Nc1cc(-c2ccccc2Cl)c[nH]1. The predicted molar refractivity (Wildman–Crippen MR) is 55.7 cm³/mol. The van der Waals surface area contributed by atoms with Gasteiger partial charge in [-0.3, -0.25) is 0 Å². The first-order chi connectivity index (χ1) is 6.27.